The molecule has 0 bridgehead atoms. The Morgan fingerprint density at radius 2 is 1.81 bits per heavy atom. The first kappa shape index (κ1) is 22.3. The fourth-order valence-corrected chi connectivity index (χ4v) is 4.89. The van der Waals surface area contributed by atoms with Gasteiger partial charge >= 0.3 is 0 Å². The third-order valence-corrected chi connectivity index (χ3v) is 7.18. The number of halogens is 3. The molecule has 0 N–H and O–H groups in total. The lowest BCUT2D eigenvalue weighted by molar-refractivity contribution is 0.224. The molecule has 8 heteroatoms. The van der Waals surface area contributed by atoms with Crippen molar-refractivity contribution in [2.75, 3.05) is 29.5 Å². The lowest BCUT2D eigenvalue weighted by Gasteiger charge is -2.38. The molecular formula is C24H25F3N4S. The van der Waals surface area contributed by atoms with E-state index in [1.54, 1.807) is 12.1 Å². The predicted molar refractivity (Wildman–Crippen MR) is 129 cm³/mol. The first-order valence-corrected chi connectivity index (χ1v) is 12.1. The topological polar surface area (TPSA) is 31.2 Å². The minimum absolute atomic E-state index is 0.0632. The molecule has 0 amide bonds. The Kier molecular flexibility index (Phi) is 6.79. The first-order chi connectivity index (χ1) is 15.4. The van der Waals surface area contributed by atoms with E-state index in [1.807, 2.05) is 35.2 Å². The van der Waals surface area contributed by atoms with E-state index in [0.29, 0.717) is 23.4 Å². The van der Waals surface area contributed by atoms with Gasteiger partial charge in [-0.3, -0.25) is 0 Å². The van der Waals surface area contributed by atoms with E-state index in [-0.39, 0.29) is 22.6 Å². The second-order valence-electron chi connectivity index (χ2n) is 7.77. The molecule has 0 radical (unpaired) electrons. The number of benzene rings is 2. The summed E-state index contributed by atoms with van der Waals surface area (Å²) in [5.41, 5.74) is 1.94. The average Bonchev–Trinajstić information content (AvgIpc) is 3.30. The van der Waals surface area contributed by atoms with E-state index in [9.17, 15) is 8.78 Å². The maximum Gasteiger partial charge on any atom is 0.278 e. The Labute approximate surface area is 188 Å². The summed E-state index contributed by atoms with van der Waals surface area (Å²) in [4.78, 5) is 4.24. The van der Waals surface area contributed by atoms with Gasteiger partial charge in [0.15, 0.2) is 0 Å². The summed E-state index contributed by atoms with van der Waals surface area (Å²) < 4.78 is 40.7. The van der Waals surface area contributed by atoms with E-state index in [1.165, 1.54) is 6.07 Å². The zero-order valence-corrected chi connectivity index (χ0v) is 18.5. The van der Waals surface area contributed by atoms with Crippen LogP contribution in [0, 0.1) is 5.82 Å². The van der Waals surface area contributed by atoms with Crippen molar-refractivity contribution >= 4 is 33.5 Å². The fourth-order valence-electron chi connectivity index (χ4n) is 3.73. The molecule has 1 fully saturated rings. The van der Waals surface area contributed by atoms with E-state index in [2.05, 4.69) is 27.6 Å². The molecule has 0 aliphatic carbocycles. The lowest BCUT2D eigenvalue weighted by Crippen LogP contribution is -2.40. The van der Waals surface area contributed by atoms with E-state index >= 15 is 4.39 Å². The number of para-hydroxylation sites is 1. The molecule has 168 valence electrons. The summed E-state index contributed by atoms with van der Waals surface area (Å²) in [5, 5.41) is 7.32. The van der Waals surface area contributed by atoms with Crippen LogP contribution in [0.1, 0.15) is 17.5 Å². The normalized spacial score (nSPS) is 16.8. The van der Waals surface area contributed by atoms with Crippen LogP contribution in [0.5, 0.6) is 0 Å². The van der Waals surface area contributed by atoms with Crippen molar-refractivity contribution in [1.82, 2.24) is 4.90 Å². The smallest absolute Gasteiger partial charge is 0.278 e. The highest BCUT2D eigenvalue weighted by Gasteiger charge is 2.24. The van der Waals surface area contributed by atoms with Gasteiger partial charge in [-0.1, -0.05) is 42.8 Å². The molecule has 0 saturated carbocycles. The number of anilines is 1. The maximum atomic E-state index is 15.1. The standard InChI is InChI=1S/C24H25F3N4S/c1-17(30-10-12-32(2)13-11-30)31(20-6-4-3-5-7-20)16-19-9-8-18(14-21(19)25)22-15-23(24(26)27)29-28-22/h3-9,14,24H,1-2,10-13,15-16H2. The largest absolute Gasteiger partial charge is 0.357 e. The average molecular weight is 459 g/mol. The van der Waals surface area contributed by atoms with Crippen LogP contribution in [0.25, 0.3) is 0 Å². The number of hydrogen-bond acceptors (Lipinski definition) is 4. The molecule has 4 nitrogen and oxygen atoms in total. The molecule has 0 atom stereocenters. The van der Waals surface area contributed by atoms with Crippen molar-refractivity contribution in [3.05, 3.63) is 77.9 Å². The van der Waals surface area contributed by atoms with Crippen LogP contribution in [0.2, 0.25) is 0 Å². The predicted octanol–water partition coefficient (Wildman–Crippen LogP) is 5.13. The van der Waals surface area contributed by atoms with E-state index < -0.39 is 12.2 Å². The van der Waals surface area contributed by atoms with Crippen LogP contribution in [0.4, 0.5) is 18.9 Å². The summed E-state index contributed by atoms with van der Waals surface area (Å²) in [7, 11) is 0.185. The zero-order valence-electron chi connectivity index (χ0n) is 17.7. The van der Waals surface area contributed by atoms with Gasteiger partial charge < -0.3 is 9.80 Å². The Morgan fingerprint density at radius 1 is 1.09 bits per heavy atom. The van der Waals surface area contributed by atoms with Crippen molar-refractivity contribution in [1.29, 1.82) is 0 Å². The molecule has 2 aliphatic rings. The third-order valence-electron chi connectivity index (χ3n) is 5.66. The van der Waals surface area contributed by atoms with Crippen LogP contribution >= 0.6 is 10.5 Å². The second kappa shape index (κ2) is 9.73. The first-order valence-electron chi connectivity index (χ1n) is 10.4. The molecule has 2 aromatic carbocycles. The molecular weight excluding hydrogens is 433 g/mol. The molecule has 0 unspecified atom stereocenters. The Bertz CT molecular complexity index is 1070. The van der Waals surface area contributed by atoms with E-state index in [0.717, 1.165) is 36.1 Å². The van der Waals surface area contributed by atoms with Crippen LogP contribution in [0.3, 0.4) is 0 Å². The van der Waals surface area contributed by atoms with Crippen molar-refractivity contribution in [3.63, 3.8) is 0 Å². The van der Waals surface area contributed by atoms with Crippen LogP contribution in [-0.4, -0.2) is 53.2 Å². The summed E-state index contributed by atoms with van der Waals surface area (Å²) in [6, 6.07) is 14.5. The number of rotatable bonds is 7. The number of alkyl halides is 2. The monoisotopic (exact) mass is 458 g/mol. The molecule has 0 aromatic heterocycles. The van der Waals surface area contributed by atoms with Crippen molar-refractivity contribution in [3.8, 4) is 0 Å². The van der Waals surface area contributed by atoms with Gasteiger partial charge in [-0.25, -0.2) is 13.2 Å². The van der Waals surface area contributed by atoms with Crippen LogP contribution in [0.15, 0.2) is 71.1 Å². The van der Waals surface area contributed by atoms with Gasteiger partial charge in [0.05, 0.1) is 12.3 Å². The van der Waals surface area contributed by atoms with Crippen molar-refractivity contribution in [2.24, 2.45) is 10.2 Å². The van der Waals surface area contributed by atoms with Gasteiger partial charge in [0.25, 0.3) is 6.43 Å². The highest BCUT2D eigenvalue weighted by atomic mass is 32.2. The summed E-state index contributed by atoms with van der Waals surface area (Å²) >= 11 is 0. The highest BCUT2D eigenvalue weighted by Crippen LogP contribution is 2.27. The lowest BCUT2D eigenvalue weighted by atomic mass is 10.0. The second-order valence-corrected chi connectivity index (χ2v) is 9.81. The van der Waals surface area contributed by atoms with Gasteiger partial charge in [0.2, 0.25) is 0 Å². The molecule has 32 heavy (non-hydrogen) atoms. The highest BCUT2D eigenvalue weighted by molar-refractivity contribution is 8.14. The Hall–Kier alpha value is -2.87. The summed E-state index contributed by atoms with van der Waals surface area (Å²) in [6.45, 7) is 6.37. The molecule has 2 aliphatic heterocycles. The molecule has 2 aromatic rings. The van der Waals surface area contributed by atoms with Crippen molar-refractivity contribution < 1.29 is 13.2 Å². The minimum Gasteiger partial charge on any atom is -0.357 e. The van der Waals surface area contributed by atoms with Crippen LogP contribution in [-0.2, 0) is 6.54 Å². The summed E-state index contributed by atoms with van der Waals surface area (Å²) in [5.74, 6) is 6.64. The maximum absolute atomic E-state index is 15.1. The van der Waals surface area contributed by atoms with Gasteiger partial charge in [0.1, 0.15) is 17.3 Å². The number of hydrogen-bond donors (Lipinski definition) is 0. The van der Waals surface area contributed by atoms with Gasteiger partial charge in [-0.15, -0.1) is 0 Å². The molecule has 2 heterocycles. The molecule has 1 saturated heterocycles. The van der Waals surface area contributed by atoms with E-state index in [4.69, 9.17) is 0 Å². The molecule has 0 spiro atoms. The minimum atomic E-state index is -2.65. The Morgan fingerprint density at radius 3 is 2.44 bits per heavy atom. The molecule has 4 rings (SSSR count). The third kappa shape index (κ3) is 4.96. The van der Waals surface area contributed by atoms with Gasteiger partial charge in [-0.05, 0) is 18.2 Å². The SMILES string of the molecule is C=C(N1CCS(=C)CC1)N(Cc1ccc(C2=NN=C(C(F)F)C2)cc1F)c1ccccc1. The Balaban J connectivity index is 1.55. The quantitative estimate of drug-likeness (QED) is 0.539. The summed E-state index contributed by atoms with van der Waals surface area (Å²) in [6.07, 6.45) is -2.72. The zero-order chi connectivity index (χ0) is 22.7. The fraction of sp³-hybridized carbons (Fsp3) is 0.292. The van der Waals surface area contributed by atoms with Gasteiger partial charge in [-0.2, -0.15) is 20.7 Å². The van der Waals surface area contributed by atoms with Gasteiger partial charge in [0, 0.05) is 47.8 Å². The number of nitrogens with zero attached hydrogens (tertiary/aromatic N) is 4. The van der Waals surface area contributed by atoms with Crippen LogP contribution < -0.4 is 4.90 Å². The van der Waals surface area contributed by atoms with Crippen molar-refractivity contribution in [2.45, 2.75) is 19.4 Å².